The molecule has 0 saturated carbocycles. The summed E-state index contributed by atoms with van der Waals surface area (Å²) in [6.07, 6.45) is 0. The Labute approximate surface area is 122 Å². The lowest BCUT2D eigenvalue weighted by Gasteiger charge is -2.11. The van der Waals surface area contributed by atoms with Gasteiger partial charge in [-0.2, -0.15) is 0 Å². The van der Waals surface area contributed by atoms with E-state index in [9.17, 15) is 0 Å². The molecule has 0 atom stereocenters. The average Bonchev–Trinajstić information content (AvgIpc) is 2.37. The van der Waals surface area contributed by atoms with Crippen molar-refractivity contribution in [2.75, 3.05) is 7.11 Å². The van der Waals surface area contributed by atoms with E-state index in [4.69, 9.17) is 27.9 Å². The minimum atomic E-state index is 0.180. The smallest absolute Gasteiger partial charge is 0.162 e. The molecule has 2 rings (SSSR count). The summed E-state index contributed by atoms with van der Waals surface area (Å²) >= 11 is 12.4. The Balaban J connectivity index is 2.52. The topological polar surface area (TPSA) is 35.0 Å². The maximum absolute atomic E-state index is 6.19. The van der Waals surface area contributed by atoms with Crippen molar-refractivity contribution in [2.45, 2.75) is 19.8 Å². The van der Waals surface area contributed by atoms with Crippen molar-refractivity contribution in [2.24, 2.45) is 0 Å². The minimum Gasteiger partial charge on any atom is -0.497 e. The van der Waals surface area contributed by atoms with E-state index in [0.717, 1.165) is 16.9 Å². The van der Waals surface area contributed by atoms with Crippen LogP contribution in [0, 0.1) is 0 Å². The lowest BCUT2D eigenvalue weighted by molar-refractivity contribution is 0.415. The van der Waals surface area contributed by atoms with E-state index >= 15 is 0 Å². The Hall–Kier alpha value is -1.32. The van der Waals surface area contributed by atoms with Gasteiger partial charge in [0.05, 0.1) is 7.11 Å². The molecule has 100 valence electrons. The standard InChI is InChI=1S/C14H14Cl2N2O/c1-8(2)11-12(15)17-14(18-13(11)16)9-5-4-6-10(7-9)19-3/h4-8H,1-3H3. The third kappa shape index (κ3) is 2.99. The fourth-order valence-corrected chi connectivity index (χ4v) is 2.61. The fourth-order valence-electron chi connectivity index (χ4n) is 1.78. The zero-order chi connectivity index (χ0) is 14.0. The van der Waals surface area contributed by atoms with Crippen molar-refractivity contribution in [3.05, 3.63) is 40.1 Å². The van der Waals surface area contributed by atoms with E-state index in [1.807, 2.05) is 38.1 Å². The van der Waals surface area contributed by atoms with Gasteiger partial charge < -0.3 is 4.74 Å². The molecule has 0 bridgehead atoms. The van der Waals surface area contributed by atoms with Gasteiger partial charge in [-0.05, 0) is 18.1 Å². The first kappa shape index (κ1) is 14.1. The summed E-state index contributed by atoms with van der Waals surface area (Å²) < 4.78 is 5.18. The third-order valence-corrected chi connectivity index (χ3v) is 3.33. The van der Waals surface area contributed by atoms with E-state index in [1.54, 1.807) is 7.11 Å². The highest BCUT2D eigenvalue weighted by atomic mass is 35.5. The van der Waals surface area contributed by atoms with E-state index in [0.29, 0.717) is 16.1 Å². The van der Waals surface area contributed by atoms with Crippen LogP contribution in [-0.4, -0.2) is 17.1 Å². The van der Waals surface area contributed by atoms with Gasteiger partial charge in [-0.3, -0.25) is 0 Å². The predicted molar refractivity (Wildman–Crippen MR) is 78.1 cm³/mol. The quantitative estimate of drug-likeness (QED) is 0.778. The fraction of sp³-hybridized carbons (Fsp3) is 0.286. The number of nitrogens with zero attached hydrogens (tertiary/aromatic N) is 2. The van der Waals surface area contributed by atoms with Crippen molar-refractivity contribution in [3.8, 4) is 17.1 Å². The van der Waals surface area contributed by atoms with Crippen LogP contribution >= 0.6 is 23.2 Å². The SMILES string of the molecule is COc1cccc(-c2nc(Cl)c(C(C)C)c(Cl)n2)c1. The molecule has 0 saturated heterocycles. The molecule has 1 heterocycles. The van der Waals surface area contributed by atoms with Gasteiger partial charge in [-0.15, -0.1) is 0 Å². The molecule has 0 unspecified atom stereocenters. The highest BCUT2D eigenvalue weighted by Crippen LogP contribution is 2.31. The molecule has 0 aliphatic carbocycles. The first-order valence-corrected chi connectivity index (χ1v) is 6.66. The molecule has 1 aromatic heterocycles. The number of benzene rings is 1. The van der Waals surface area contributed by atoms with E-state index in [-0.39, 0.29) is 5.92 Å². The molecule has 0 spiro atoms. The highest BCUT2D eigenvalue weighted by molar-refractivity contribution is 6.34. The molecule has 0 amide bonds. The van der Waals surface area contributed by atoms with Crippen LogP contribution in [0.5, 0.6) is 5.75 Å². The maximum atomic E-state index is 6.19. The van der Waals surface area contributed by atoms with E-state index in [1.165, 1.54) is 0 Å². The van der Waals surface area contributed by atoms with Gasteiger partial charge in [0, 0.05) is 11.1 Å². The molecule has 2 aromatic rings. The minimum absolute atomic E-state index is 0.180. The van der Waals surface area contributed by atoms with Gasteiger partial charge >= 0.3 is 0 Å². The van der Waals surface area contributed by atoms with Crippen LogP contribution in [0.3, 0.4) is 0 Å². The first-order valence-electron chi connectivity index (χ1n) is 5.90. The van der Waals surface area contributed by atoms with Crippen LogP contribution in [0.2, 0.25) is 10.3 Å². The van der Waals surface area contributed by atoms with E-state index in [2.05, 4.69) is 9.97 Å². The van der Waals surface area contributed by atoms with Gasteiger partial charge in [0.15, 0.2) is 5.82 Å². The second-order valence-electron chi connectivity index (χ2n) is 4.43. The Morgan fingerprint density at radius 3 is 2.26 bits per heavy atom. The number of rotatable bonds is 3. The van der Waals surface area contributed by atoms with Crippen LogP contribution in [-0.2, 0) is 0 Å². The number of hydrogen-bond acceptors (Lipinski definition) is 3. The van der Waals surface area contributed by atoms with Gasteiger partial charge in [0.1, 0.15) is 16.1 Å². The van der Waals surface area contributed by atoms with Crippen molar-refractivity contribution in [1.82, 2.24) is 9.97 Å². The van der Waals surface area contributed by atoms with Crippen molar-refractivity contribution >= 4 is 23.2 Å². The Bertz CT molecular complexity index is 577. The molecule has 1 aromatic carbocycles. The second kappa shape index (κ2) is 5.76. The van der Waals surface area contributed by atoms with Crippen molar-refractivity contribution < 1.29 is 4.74 Å². The third-order valence-electron chi connectivity index (χ3n) is 2.76. The summed E-state index contributed by atoms with van der Waals surface area (Å²) in [5, 5.41) is 0.792. The van der Waals surface area contributed by atoms with E-state index < -0.39 is 0 Å². The van der Waals surface area contributed by atoms with Gasteiger partial charge in [0.25, 0.3) is 0 Å². The summed E-state index contributed by atoms with van der Waals surface area (Å²) in [4.78, 5) is 8.63. The van der Waals surface area contributed by atoms with Crippen LogP contribution in [0.15, 0.2) is 24.3 Å². The summed E-state index contributed by atoms with van der Waals surface area (Å²) in [5.74, 6) is 1.42. The van der Waals surface area contributed by atoms with Crippen LogP contribution < -0.4 is 4.74 Å². The molecule has 0 fully saturated rings. The molecular weight excluding hydrogens is 283 g/mol. The summed E-state index contributed by atoms with van der Waals surface area (Å²) in [6.45, 7) is 4.00. The molecule has 5 heteroatoms. The van der Waals surface area contributed by atoms with Gasteiger partial charge in [-0.1, -0.05) is 49.2 Å². The number of methoxy groups -OCH3 is 1. The monoisotopic (exact) mass is 296 g/mol. The first-order chi connectivity index (χ1) is 9.02. The molecule has 3 nitrogen and oxygen atoms in total. The number of aromatic nitrogens is 2. The number of halogens is 2. The maximum Gasteiger partial charge on any atom is 0.162 e. The molecule has 0 radical (unpaired) electrons. The zero-order valence-electron chi connectivity index (χ0n) is 10.9. The van der Waals surface area contributed by atoms with Crippen molar-refractivity contribution in [1.29, 1.82) is 0 Å². The average molecular weight is 297 g/mol. The Morgan fingerprint density at radius 1 is 1.11 bits per heavy atom. The number of ether oxygens (including phenoxy) is 1. The Morgan fingerprint density at radius 2 is 1.74 bits per heavy atom. The zero-order valence-corrected chi connectivity index (χ0v) is 12.5. The molecule has 19 heavy (non-hydrogen) atoms. The lowest BCUT2D eigenvalue weighted by Crippen LogP contribution is -1.99. The molecule has 0 aliphatic rings. The van der Waals surface area contributed by atoms with Crippen LogP contribution in [0.25, 0.3) is 11.4 Å². The number of hydrogen-bond donors (Lipinski definition) is 0. The normalized spacial score (nSPS) is 10.8. The summed E-state index contributed by atoms with van der Waals surface area (Å²) in [7, 11) is 1.61. The molecule has 0 aliphatic heterocycles. The molecular formula is C14H14Cl2N2O. The van der Waals surface area contributed by atoms with Crippen LogP contribution in [0.1, 0.15) is 25.3 Å². The predicted octanol–water partition coefficient (Wildman–Crippen LogP) is 4.58. The highest BCUT2D eigenvalue weighted by Gasteiger charge is 2.15. The Kier molecular flexibility index (Phi) is 4.27. The lowest BCUT2D eigenvalue weighted by atomic mass is 10.1. The van der Waals surface area contributed by atoms with Gasteiger partial charge in [0.2, 0.25) is 0 Å². The van der Waals surface area contributed by atoms with Gasteiger partial charge in [-0.25, -0.2) is 9.97 Å². The second-order valence-corrected chi connectivity index (χ2v) is 5.15. The van der Waals surface area contributed by atoms with Crippen molar-refractivity contribution in [3.63, 3.8) is 0 Å². The molecule has 0 N–H and O–H groups in total. The largest absolute Gasteiger partial charge is 0.497 e. The summed E-state index contributed by atoms with van der Waals surface area (Å²) in [5.41, 5.74) is 1.59. The van der Waals surface area contributed by atoms with Crippen LogP contribution in [0.4, 0.5) is 0 Å². The summed E-state index contributed by atoms with van der Waals surface area (Å²) in [6, 6.07) is 7.46.